The first-order valence-electron chi connectivity index (χ1n) is 9.20. The van der Waals surface area contributed by atoms with E-state index < -0.39 is 69.3 Å². The molecule has 10 heteroatoms. The van der Waals surface area contributed by atoms with Crippen molar-refractivity contribution >= 4 is 0 Å². The lowest BCUT2D eigenvalue weighted by atomic mass is 10.0. The van der Waals surface area contributed by atoms with E-state index in [4.69, 9.17) is 0 Å². The maximum absolute atomic E-state index is 13.4. The highest BCUT2D eigenvalue weighted by atomic mass is 19.2. The predicted octanol–water partition coefficient (Wildman–Crippen LogP) is 8.10. The average Bonchev–Trinajstić information content (AvgIpc) is 2.80. The van der Waals surface area contributed by atoms with Gasteiger partial charge in [0.05, 0.1) is 11.1 Å². The van der Waals surface area contributed by atoms with Crippen molar-refractivity contribution < 1.29 is 43.9 Å². The minimum Gasteiger partial charge on any atom is -0.206 e. The molecule has 0 aliphatic rings. The second-order valence-electron chi connectivity index (χ2n) is 6.65. The lowest BCUT2D eigenvalue weighted by Crippen LogP contribution is -2.05. The van der Waals surface area contributed by atoms with E-state index in [0.717, 1.165) is 0 Å². The summed E-state index contributed by atoms with van der Waals surface area (Å²) in [5.41, 5.74) is -3.14. The summed E-state index contributed by atoms with van der Waals surface area (Å²) in [7, 11) is 0. The van der Waals surface area contributed by atoms with E-state index in [0.29, 0.717) is 11.1 Å². The van der Waals surface area contributed by atoms with E-state index >= 15 is 0 Å². The molecule has 0 saturated carbocycles. The van der Waals surface area contributed by atoms with Crippen molar-refractivity contribution in [1.29, 1.82) is 0 Å². The van der Waals surface area contributed by atoms with Crippen LogP contribution in [0.25, 0.3) is 22.3 Å². The van der Waals surface area contributed by atoms with Crippen molar-refractivity contribution in [1.82, 2.24) is 0 Å². The van der Waals surface area contributed by atoms with Gasteiger partial charge in [-0.2, -0.15) is 0 Å². The summed E-state index contributed by atoms with van der Waals surface area (Å²) in [6.45, 7) is 0. The van der Waals surface area contributed by atoms with Gasteiger partial charge in [0.1, 0.15) is 11.6 Å². The molecular formula is C24H10F10. The highest BCUT2D eigenvalue weighted by Crippen LogP contribution is 2.35. The standard InChI is InChI=1S/C12H2F8.C12H8F2/c13-3-1-4(14)10(18)7(9(3)17)8-11(19)5(15)2-6(16)12(8)20;13-11-7-3-1-5-9(11)10-6-2-4-8-12(10)14/h1-2H;1-8H. The van der Waals surface area contributed by atoms with Crippen molar-refractivity contribution in [3.8, 4) is 22.3 Å². The van der Waals surface area contributed by atoms with Gasteiger partial charge in [0.15, 0.2) is 46.5 Å². The van der Waals surface area contributed by atoms with Gasteiger partial charge in [0, 0.05) is 23.3 Å². The van der Waals surface area contributed by atoms with Gasteiger partial charge in [0.25, 0.3) is 0 Å². The minimum absolute atomic E-state index is 0.209. The Morgan fingerprint density at radius 3 is 0.853 bits per heavy atom. The van der Waals surface area contributed by atoms with E-state index in [2.05, 4.69) is 0 Å². The molecule has 0 atom stereocenters. The summed E-state index contributed by atoms with van der Waals surface area (Å²) >= 11 is 0. The van der Waals surface area contributed by atoms with Gasteiger partial charge in [-0.15, -0.1) is 0 Å². The summed E-state index contributed by atoms with van der Waals surface area (Å²) in [5, 5.41) is 0. The molecule has 4 aromatic rings. The highest BCUT2D eigenvalue weighted by Gasteiger charge is 2.29. The lowest BCUT2D eigenvalue weighted by Gasteiger charge is -2.10. The molecule has 0 unspecified atom stereocenters. The van der Waals surface area contributed by atoms with Crippen LogP contribution in [-0.2, 0) is 0 Å². The molecule has 0 bridgehead atoms. The van der Waals surface area contributed by atoms with E-state index in [1.54, 1.807) is 36.4 Å². The fourth-order valence-corrected chi connectivity index (χ4v) is 2.94. The summed E-state index contributed by atoms with van der Waals surface area (Å²) in [6, 6.07) is 11.9. The molecule has 4 rings (SSSR count). The van der Waals surface area contributed by atoms with Crippen molar-refractivity contribution in [2.24, 2.45) is 0 Å². The third-order valence-corrected chi connectivity index (χ3v) is 4.51. The maximum atomic E-state index is 13.4. The molecule has 0 N–H and O–H groups in total. The normalized spacial score (nSPS) is 10.6. The number of benzene rings is 4. The topological polar surface area (TPSA) is 0 Å². The Labute approximate surface area is 185 Å². The second kappa shape index (κ2) is 9.98. The first-order chi connectivity index (χ1) is 16.0. The number of hydrogen-bond acceptors (Lipinski definition) is 0. The van der Waals surface area contributed by atoms with Crippen LogP contribution in [0.5, 0.6) is 0 Å². The van der Waals surface area contributed by atoms with Gasteiger partial charge < -0.3 is 0 Å². The van der Waals surface area contributed by atoms with Crippen LogP contribution in [0.15, 0.2) is 60.7 Å². The van der Waals surface area contributed by atoms with E-state index in [9.17, 15) is 43.9 Å². The molecule has 0 nitrogen and oxygen atoms in total. The van der Waals surface area contributed by atoms with Crippen LogP contribution in [0, 0.1) is 58.2 Å². The van der Waals surface area contributed by atoms with Gasteiger partial charge in [-0.1, -0.05) is 36.4 Å². The molecule has 0 aliphatic carbocycles. The van der Waals surface area contributed by atoms with E-state index in [-0.39, 0.29) is 12.1 Å². The van der Waals surface area contributed by atoms with Crippen LogP contribution < -0.4 is 0 Å². The molecule has 0 fully saturated rings. The fraction of sp³-hybridized carbons (Fsp3) is 0. The molecule has 4 aromatic carbocycles. The Morgan fingerprint density at radius 1 is 0.324 bits per heavy atom. The summed E-state index contributed by atoms with van der Waals surface area (Å²) in [4.78, 5) is 0. The largest absolute Gasteiger partial charge is 0.206 e. The first kappa shape index (κ1) is 24.8. The van der Waals surface area contributed by atoms with Crippen molar-refractivity contribution in [3.05, 3.63) is 119 Å². The fourth-order valence-electron chi connectivity index (χ4n) is 2.94. The van der Waals surface area contributed by atoms with Gasteiger partial charge in [0.2, 0.25) is 0 Å². The Hall–Kier alpha value is -3.82. The van der Waals surface area contributed by atoms with Crippen LogP contribution in [0.3, 0.4) is 0 Å². The number of halogens is 10. The van der Waals surface area contributed by atoms with Crippen LogP contribution in [0.1, 0.15) is 0 Å². The van der Waals surface area contributed by atoms with E-state index in [1.807, 2.05) is 0 Å². The predicted molar refractivity (Wildman–Crippen MR) is 103 cm³/mol. The monoisotopic (exact) mass is 488 g/mol. The average molecular weight is 488 g/mol. The summed E-state index contributed by atoms with van der Waals surface area (Å²) in [5.74, 6) is -17.4. The molecule has 0 heterocycles. The Kier molecular flexibility index (Phi) is 7.29. The Bertz CT molecular complexity index is 1210. The molecule has 0 aromatic heterocycles. The lowest BCUT2D eigenvalue weighted by molar-refractivity contribution is 0.441. The smallest absolute Gasteiger partial charge is 0.170 e. The zero-order valence-corrected chi connectivity index (χ0v) is 16.6. The molecule has 176 valence electrons. The van der Waals surface area contributed by atoms with Crippen molar-refractivity contribution in [2.75, 3.05) is 0 Å². The SMILES string of the molecule is Fc1cc(F)c(F)c(-c2c(F)c(F)cc(F)c2F)c1F.Fc1ccccc1-c1ccccc1F. The van der Waals surface area contributed by atoms with Crippen LogP contribution >= 0.6 is 0 Å². The molecule has 0 radical (unpaired) electrons. The zero-order valence-electron chi connectivity index (χ0n) is 16.6. The number of hydrogen-bond donors (Lipinski definition) is 0. The van der Waals surface area contributed by atoms with Gasteiger partial charge >= 0.3 is 0 Å². The van der Waals surface area contributed by atoms with Crippen LogP contribution in [-0.4, -0.2) is 0 Å². The minimum atomic E-state index is -2.17. The Morgan fingerprint density at radius 2 is 0.588 bits per heavy atom. The molecule has 0 aliphatic heterocycles. The second-order valence-corrected chi connectivity index (χ2v) is 6.65. The van der Waals surface area contributed by atoms with Gasteiger partial charge in [-0.05, 0) is 12.1 Å². The quantitative estimate of drug-likeness (QED) is 0.198. The van der Waals surface area contributed by atoms with Crippen molar-refractivity contribution in [2.45, 2.75) is 0 Å². The molecule has 34 heavy (non-hydrogen) atoms. The Balaban J connectivity index is 0.000000202. The summed E-state index contributed by atoms with van der Waals surface area (Å²) < 4.78 is 132. The van der Waals surface area contributed by atoms with Crippen LogP contribution in [0.4, 0.5) is 43.9 Å². The van der Waals surface area contributed by atoms with Crippen LogP contribution in [0.2, 0.25) is 0 Å². The third-order valence-electron chi connectivity index (χ3n) is 4.51. The number of rotatable bonds is 2. The molecule has 0 amide bonds. The van der Waals surface area contributed by atoms with Gasteiger partial charge in [-0.25, -0.2) is 43.9 Å². The summed E-state index contributed by atoms with van der Waals surface area (Å²) in [6.07, 6.45) is 0. The molecule has 0 saturated heterocycles. The van der Waals surface area contributed by atoms with Crippen molar-refractivity contribution in [3.63, 3.8) is 0 Å². The molecule has 0 spiro atoms. The first-order valence-corrected chi connectivity index (χ1v) is 9.20. The van der Waals surface area contributed by atoms with E-state index in [1.165, 1.54) is 12.1 Å². The molecular weight excluding hydrogens is 478 g/mol. The zero-order chi connectivity index (χ0) is 25.2. The van der Waals surface area contributed by atoms with Gasteiger partial charge in [-0.3, -0.25) is 0 Å². The highest BCUT2D eigenvalue weighted by molar-refractivity contribution is 5.67. The maximum Gasteiger partial charge on any atom is 0.170 e. The third kappa shape index (κ3) is 4.75.